The second kappa shape index (κ2) is 4.08. The van der Waals surface area contributed by atoms with Crippen molar-refractivity contribution in [3.05, 3.63) is 35.4 Å². The minimum absolute atomic E-state index is 0.0986. The summed E-state index contributed by atoms with van der Waals surface area (Å²) in [7, 11) is 1.81. The summed E-state index contributed by atoms with van der Waals surface area (Å²) in [5.74, 6) is 0.0986. The predicted molar refractivity (Wildman–Crippen MR) is 53.3 cm³/mol. The van der Waals surface area contributed by atoms with Crippen molar-refractivity contribution in [2.45, 2.75) is 20.4 Å². The molecule has 0 aliphatic rings. The van der Waals surface area contributed by atoms with Crippen molar-refractivity contribution < 1.29 is 4.79 Å². The normalized spacial score (nSPS) is 9.77. The molecule has 1 aromatic rings. The van der Waals surface area contributed by atoms with Crippen LogP contribution in [0.2, 0.25) is 0 Å². The highest BCUT2D eigenvalue weighted by Crippen LogP contribution is 2.06. The maximum Gasteiger partial charge on any atom is 0.219 e. The third-order valence-electron chi connectivity index (χ3n) is 2.04. The number of nitrogens with zero attached hydrogens (tertiary/aromatic N) is 1. The zero-order chi connectivity index (χ0) is 9.84. The molecule has 2 nitrogen and oxygen atoms in total. The van der Waals surface area contributed by atoms with Crippen LogP contribution in [0.15, 0.2) is 24.3 Å². The van der Waals surface area contributed by atoms with Crippen molar-refractivity contribution in [1.29, 1.82) is 0 Å². The van der Waals surface area contributed by atoms with E-state index in [4.69, 9.17) is 0 Å². The molecule has 0 unspecified atom stereocenters. The SMILES string of the molecule is CC(=O)N(C)Cc1cccc(C)c1. The molecule has 0 spiro atoms. The highest BCUT2D eigenvalue weighted by atomic mass is 16.2. The zero-order valence-electron chi connectivity index (χ0n) is 8.37. The summed E-state index contributed by atoms with van der Waals surface area (Å²) >= 11 is 0. The molecule has 1 rings (SSSR count). The Kier molecular flexibility index (Phi) is 3.07. The Hall–Kier alpha value is -1.31. The molecule has 0 bridgehead atoms. The Balaban J connectivity index is 2.69. The molecule has 0 saturated heterocycles. The first-order chi connectivity index (χ1) is 6.09. The van der Waals surface area contributed by atoms with Gasteiger partial charge in [-0.25, -0.2) is 0 Å². The van der Waals surface area contributed by atoms with Crippen molar-refractivity contribution in [3.8, 4) is 0 Å². The molecule has 13 heavy (non-hydrogen) atoms. The number of rotatable bonds is 2. The zero-order valence-corrected chi connectivity index (χ0v) is 8.37. The van der Waals surface area contributed by atoms with Crippen LogP contribution in [0.3, 0.4) is 0 Å². The first-order valence-electron chi connectivity index (χ1n) is 4.37. The van der Waals surface area contributed by atoms with Crippen LogP contribution in [0, 0.1) is 6.92 Å². The predicted octanol–water partition coefficient (Wildman–Crippen LogP) is 1.97. The quantitative estimate of drug-likeness (QED) is 0.676. The van der Waals surface area contributed by atoms with E-state index in [9.17, 15) is 4.79 Å². The minimum atomic E-state index is 0.0986. The van der Waals surface area contributed by atoms with Gasteiger partial charge in [-0.1, -0.05) is 29.8 Å². The fourth-order valence-corrected chi connectivity index (χ4v) is 1.20. The number of amides is 1. The van der Waals surface area contributed by atoms with Crippen LogP contribution in [-0.2, 0) is 11.3 Å². The fourth-order valence-electron chi connectivity index (χ4n) is 1.20. The number of carbonyl (C=O) groups excluding carboxylic acids is 1. The largest absolute Gasteiger partial charge is 0.342 e. The molecular formula is C11H15NO. The average molecular weight is 177 g/mol. The molecule has 0 saturated carbocycles. The molecule has 70 valence electrons. The molecule has 2 heteroatoms. The standard InChI is InChI=1S/C11H15NO/c1-9-5-4-6-11(7-9)8-12(3)10(2)13/h4-7H,8H2,1-3H3. The maximum absolute atomic E-state index is 11.0. The van der Waals surface area contributed by atoms with Gasteiger partial charge in [0.25, 0.3) is 0 Å². The molecular weight excluding hydrogens is 162 g/mol. The van der Waals surface area contributed by atoms with Gasteiger partial charge in [0.15, 0.2) is 0 Å². The van der Waals surface area contributed by atoms with E-state index >= 15 is 0 Å². The van der Waals surface area contributed by atoms with Crippen molar-refractivity contribution in [3.63, 3.8) is 0 Å². The van der Waals surface area contributed by atoms with Gasteiger partial charge in [-0.3, -0.25) is 4.79 Å². The molecule has 1 aromatic carbocycles. The number of aryl methyl sites for hydroxylation is 1. The Morgan fingerprint density at radius 2 is 2.15 bits per heavy atom. The first-order valence-corrected chi connectivity index (χ1v) is 4.37. The molecule has 0 aliphatic carbocycles. The molecule has 0 aromatic heterocycles. The average Bonchev–Trinajstić information content (AvgIpc) is 2.04. The highest BCUT2D eigenvalue weighted by Gasteiger charge is 2.02. The van der Waals surface area contributed by atoms with Crippen LogP contribution in [0.25, 0.3) is 0 Å². The van der Waals surface area contributed by atoms with Gasteiger partial charge in [0.2, 0.25) is 5.91 Å². The van der Waals surface area contributed by atoms with E-state index in [-0.39, 0.29) is 5.91 Å². The van der Waals surface area contributed by atoms with Crippen LogP contribution >= 0.6 is 0 Å². The van der Waals surface area contributed by atoms with E-state index in [1.54, 1.807) is 11.8 Å². The van der Waals surface area contributed by atoms with E-state index in [1.165, 1.54) is 11.1 Å². The van der Waals surface area contributed by atoms with Gasteiger partial charge < -0.3 is 4.90 Å². The summed E-state index contributed by atoms with van der Waals surface area (Å²) in [5.41, 5.74) is 2.41. The summed E-state index contributed by atoms with van der Waals surface area (Å²) in [6, 6.07) is 8.20. The van der Waals surface area contributed by atoms with E-state index in [0.717, 1.165) is 0 Å². The lowest BCUT2D eigenvalue weighted by molar-refractivity contribution is -0.128. The van der Waals surface area contributed by atoms with Gasteiger partial charge in [-0.15, -0.1) is 0 Å². The lowest BCUT2D eigenvalue weighted by atomic mass is 10.1. The van der Waals surface area contributed by atoms with E-state index in [1.807, 2.05) is 19.2 Å². The third-order valence-corrected chi connectivity index (χ3v) is 2.04. The molecule has 0 atom stereocenters. The number of benzene rings is 1. The minimum Gasteiger partial charge on any atom is -0.342 e. The summed E-state index contributed by atoms with van der Waals surface area (Å²) < 4.78 is 0. The molecule has 0 fully saturated rings. The van der Waals surface area contributed by atoms with Crippen molar-refractivity contribution in [1.82, 2.24) is 4.90 Å². The second-order valence-electron chi connectivity index (χ2n) is 3.36. The Morgan fingerprint density at radius 3 is 2.69 bits per heavy atom. The van der Waals surface area contributed by atoms with E-state index in [0.29, 0.717) is 6.54 Å². The van der Waals surface area contributed by atoms with Crippen molar-refractivity contribution >= 4 is 5.91 Å². The van der Waals surface area contributed by atoms with Crippen LogP contribution in [0.4, 0.5) is 0 Å². The Morgan fingerprint density at radius 1 is 1.46 bits per heavy atom. The number of hydrogen-bond acceptors (Lipinski definition) is 1. The lowest BCUT2D eigenvalue weighted by Gasteiger charge is -2.14. The molecule has 0 radical (unpaired) electrons. The molecule has 0 aliphatic heterocycles. The van der Waals surface area contributed by atoms with Crippen LogP contribution < -0.4 is 0 Å². The van der Waals surface area contributed by atoms with Gasteiger partial charge in [0.1, 0.15) is 0 Å². The van der Waals surface area contributed by atoms with E-state index < -0.39 is 0 Å². The molecule has 0 N–H and O–H groups in total. The third kappa shape index (κ3) is 2.90. The van der Waals surface area contributed by atoms with E-state index in [2.05, 4.69) is 19.1 Å². The van der Waals surface area contributed by atoms with Gasteiger partial charge in [-0.05, 0) is 12.5 Å². The summed E-state index contributed by atoms with van der Waals surface area (Å²) in [6.45, 7) is 4.32. The monoisotopic (exact) mass is 177 g/mol. The van der Waals surface area contributed by atoms with Crippen LogP contribution in [0.5, 0.6) is 0 Å². The van der Waals surface area contributed by atoms with Crippen LogP contribution in [-0.4, -0.2) is 17.9 Å². The number of carbonyl (C=O) groups is 1. The van der Waals surface area contributed by atoms with Gasteiger partial charge in [0, 0.05) is 20.5 Å². The fraction of sp³-hybridized carbons (Fsp3) is 0.364. The second-order valence-corrected chi connectivity index (χ2v) is 3.36. The highest BCUT2D eigenvalue weighted by molar-refractivity contribution is 5.72. The Labute approximate surface area is 79.2 Å². The summed E-state index contributed by atoms with van der Waals surface area (Å²) in [5, 5.41) is 0. The topological polar surface area (TPSA) is 20.3 Å². The maximum atomic E-state index is 11.0. The smallest absolute Gasteiger partial charge is 0.219 e. The van der Waals surface area contributed by atoms with Crippen molar-refractivity contribution in [2.24, 2.45) is 0 Å². The number of hydrogen-bond donors (Lipinski definition) is 0. The molecule has 1 amide bonds. The summed E-state index contributed by atoms with van der Waals surface area (Å²) in [4.78, 5) is 12.7. The molecule has 0 heterocycles. The Bertz CT molecular complexity index is 307. The van der Waals surface area contributed by atoms with Gasteiger partial charge >= 0.3 is 0 Å². The first kappa shape index (κ1) is 9.78. The summed E-state index contributed by atoms with van der Waals surface area (Å²) in [6.07, 6.45) is 0. The van der Waals surface area contributed by atoms with Gasteiger partial charge in [-0.2, -0.15) is 0 Å². The van der Waals surface area contributed by atoms with Crippen molar-refractivity contribution in [2.75, 3.05) is 7.05 Å². The van der Waals surface area contributed by atoms with Crippen LogP contribution in [0.1, 0.15) is 18.1 Å². The lowest BCUT2D eigenvalue weighted by Crippen LogP contribution is -2.22. The van der Waals surface area contributed by atoms with Gasteiger partial charge in [0.05, 0.1) is 0 Å².